The van der Waals surface area contributed by atoms with E-state index in [9.17, 15) is 9.59 Å². The van der Waals surface area contributed by atoms with Gasteiger partial charge < -0.3 is 15.1 Å². The van der Waals surface area contributed by atoms with Crippen LogP contribution >= 0.6 is 0 Å². The van der Waals surface area contributed by atoms with Gasteiger partial charge in [0, 0.05) is 26.2 Å². The Kier molecular flexibility index (Phi) is 9.75. The van der Waals surface area contributed by atoms with Crippen LogP contribution in [0.2, 0.25) is 0 Å². The predicted octanol–water partition coefficient (Wildman–Crippen LogP) is 1.92. The first-order valence-electron chi connectivity index (χ1n) is 6.69. The van der Waals surface area contributed by atoms with Crippen LogP contribution in [0.1, 0.15) is 12.5 Å². The predicted molar refractivity (Wildman–Crippen MR) is 86.2 cm³/mol. The Morgan fingerprint density at radius 2 is 1.64 bits per heavy atom. The second-order valence-corrected chi connectivity index (χ2v) is 4.78. The number of carbonyl (C=O) groups is 2. The average Bonchev–Trinajstić information content (AvgIpc) is 2.45. The number of carboxylic acid groups (broad SMARTS) is 2. The van der Waals surface area contributed by atoms with Gasteiger partial charge in [-0.25, -0.2) is 9.59 Å². The van der Waals surface area contributed by atoms with Crippen molar-refractivity contribution in [1.29, 1.82) is 0 Å². The number of benzene rings is 1. The monoisotopic (exact) mass is 306 g/mol. The summed E-state index contributed by atoms with van der Waals surface area (Å²) in [6.45, 7) is 2.13. The zero-order chi connectivity index (χ0) is 17.0. The second-order valence-electron chi connectivity index (χ2n) is 4.78. The second kappa shape index (κ2) is 11.1. The quantitative estimate of drug-likeness (QED) is 0.476. The van der Waals surface area contributed by atoms with Crippen LogP contribution in [-0.2, 0) is 16.0 Å². The molecule has 0 bridgehead atoms. The van der Waals surface area contributed by atoms with Gasteiger partial charge in [0.1, 0.15) is 0 Å². The number of aliphatic carboxylic acids is 2. The standard InChI is InChI=1S/C12H18N2.C4H4O4/c1-11(13-10-14(2)3)9-12-7-5-4-6-8-12;5-3(6)1-2-4(7)8/h4-8,10-11H,9H2,1-3H3;1-2H,(H,5,6)(H,7,8)/b;2-1+. The van der Waals surface area contributed by atoms with Crippen molar-refractivity contribution in [2.45, 2.75) is 19.4 Å². The molecule has 0 fully saturated rings. The normalized spacial score (nSPS) is 11.8. The molecule has 1 rings (SSSR count). The highest BCUT2D eigenvalue weighted by Crippen LogP contribution is 2.04. The third kappa shape index (κ3) is 12.4. The largest absolute Gasteiger partial charge is 0.478 e. The minimum absolute atomic E-state index is 0.347. The van der Waals surface area contributed by atoms with E-state index in [1.807, 2.05) is 31.4 Å². The number of nitrogens with zero attached hydrogens (tertiary/aromatic N) is 2. The molecule has 0 saturated carbocycles. The molecule has 2 N–H and O–H groups in total. The van der Waals surface area contributed by atoms with Gasteiger partial charge in [-0.2, -0.15) is 0 Å². The number of rotatable bonds is 6. The molecular weight excluding hydrogens is 284 g/mol. The summed E-state index contributed by atoms with van der Waals surface area (Å²) in [4.78, 5) is 25.5. The Hall–Kier alpha value is -2.63. The highest BCUT2D eigenvalue weighted by Gasteiger charge is 1.99. The summed E-state index contributed by atoms with van der Waals surface area (Å²) in [5, 5.41) is 15.6. The molecule has 0 spiro atoms. The lowest BCUT2D eigenvalue weighted by molar-refractivity contribution is -0.134. The van der Waals surface area contributed by atoms with Gasteiger partial charge in [0.25, 0.3) is 0 Å². The number of hydrogen-bond acceptors (Lipinski definition) is 3. The summed E-state index contributed by atoms with van der Waals surface area (Å²) in [6, 6.07) is 10.8. The molecule has 0 heterocycles. The Morgan fingerprint density at radius 1 is 1.14 bits per heavy atom. The van der Waals surface area contributed by atoms with Crippen LogP contribution in [0.3, 0.4) is 0 Å². The molecule has 120 valence electrons. The maximum atomic E-state index is 9.55. The molecule has 1 aromatic carbocycles. The molecule has 6 heteroatoms. The molecule has 0 aromatic heterocycles. The van der Waals surface area contributed by atoms with Gasteiger partial charge >= 0.3 is 11.9 Å². The van der Waals surface area contributed by atoms with Gasteiger partial charge in [0.15, 0.2) is 0 Å². The molecule has 22 heavy (non-hydrogen) atoms. The van der Waals surface area contributed by atoms with E-state index in [2.05, 4.69) is 36.2 Å². The molecule has 0 aliphatic heterocycles. The van der Waals surface area contributed by atoms with Crippen molar-refractivity contribution in [2.75, 3.05) is 14.1 Å². The smallest absolute Gasteiger partial charge is 0.328 e. The van der Waals surface area contributed by atoms with E-state index in [4.69, 9.17) is 10.2 Å². The van der Waals surface area contributed by atoms with E-state index in [0.717, 1.165) is 6.42 Å². The number of hydrogen-bond donors (Lipinski definition) is 2. The van der Waals surface area contributed by atoms with Gasteiger partial charge in [0.05, 0.1) is 12.4 Å². The Bertz CT molecular complexity index is 494. The minimum atomic E-state index is -1.26. The minimum Gasteiger partial charge on any atom is -0.478 e. The highest BCUT2D eigenvalue weighted by atomic mass is 16.4. The molecule has 1 atom stereocenters. The van der Waals surface area contributed by atoms with Crippen LogP contribution in [0.4, 0.5) is 0 Å². The van der Waals surface area contributed by atoms with Crippen LogP contribution in [0.5, 0.6) is 0 Å². The number of aliphatic imine (C=N–C) groups is 1. The van der Waals surface area contributed by atoms with E-state index >= 15 is 0 Å². The van der Waals surface area contributed by atoms with Gasteiger partial charge in [0.2, 0.25) is 0 Å². The Labute approximate surface area is 130 Å². The molecule has 0 aliphatic rings. The van der Waals surface area contributed by atoms with Crippen LogP contribution in [0, 0.1) is 0 Å². The topological polar surface area (TPSA) is 90.2 Å². The Balaban J connectivity index is 0.000000472. The maximum Gasteiger partial charge on any atom is 0.328 e. The zero-order valence-electron chi connectivity index (χ0n) is 13.0. The van der Waals surface area contributed by atoms with Crippen molar-refractivity contribution in [3.05, 3.63) is 48.0 Å². The first kappa shape index (κ1) is 19.4. The molecular formula is C16H22N2O4. The molecule has 1 aromatic rings. The lowest BCUT2D eigenvalue weighted by Crippen LogP contribution is -2.11. The summed E-state index contributed by atoms with van der Waals surface area (Å²) >= 11 is 0. The van der Waals surface area contributed by atoms with Crippen LogP contribution in [-0.4, -0.2) is 53.5 Å². The summed E-state index contributed by atoms with van der Waals surface area (Å²) in [5.74, 6) is -2.51. The van der Waals surface area contributed by atoms with Gasteiger partial charge in [-0.1, -0.05) is 30.3 Å². The molecule has 1 unspecified atom stereocenters. The zero-order valence-corrected chi connectivity index (χ0v) is 13.0. The molecule has 0 aliphatic carbocycles. The molecule has 0 saturated heterocycles. The first-order chi connectivity index (χ1) is 10.3. The highest BCUT2D eigenvalue weighted by molar-refractivity contribution is 5.89. The third-order valence-electron chi connectivity index (χ3n) is 2.29. The van der Waals surface area contributed by atoms with Crippen LogP contribution < -0.4 is 0 Å². The van der Waals surface area contributed by atoms with Crippen LogP contribution in [0.15, 0.2) is 47.5 Å². The molecule has 6 nitrogen and oxygen atoms in total. The van der Waals surface area contributed by atoms with E-state index in [1.165, 1.54) is 5.56 Å². The average molecular weight is 306 g/mol. The molecule has 0 radical (unpaired) electrons. The summed E-state index contributed by atoms with van der Waals surface area (Å²) in [7, 11) is 3.97. The van der Waals surface area contributed by atoms with Crippen molar-refractivity contribution < 1.29 is 19.8 Å². The van der Waals surface area contributed by atoms with E-state index in [0.29, 0.717) is 18.2 Å². The fraction of sp³-hybridized carbons (Fsp3) is 0.312. The van der Waals surface area contributed by atoms with Crippen LogP contribution in [0.25, 0.3) is 0 Å². The maximum absolute atomic E-state index is 9.55. The fourth-order valence-corrected chi connectivity index (χ4v) is 1.40. The summed E-state index contributed by atoms with van der Waals surface area (Å²) in [5.41, 5.74) is 1.34. The van der Waals surface area contributed by atoms with E-state index in [-0.39, 0.29) is 0 Å². The van der Waals surface area contributed by atoms with Gasteiger partial charge in [-0.15, -0.1) is 0 Å². The summed E-state index contributed by atoms with van der Waals surface area (Å²) in [6.07, 6.45) is 3.99. The Morgan fingerprint density at radius 3 is 2.05 bits per heavy atom. The lowest BCUT2D eigenvalue weighted by Gasteiger charge is -2.08. The van der Waals surface area contributed by atoms with E-state index < -0.39 is 11.9 Å². The van der Waals surface area contributed by atoms with Crippen molar-refractivity contribution in [2.24, 2.45) is 4.99 Å². The van der Waals surface area contributed by atoms with Gasteiger partial charge in [-0.05, 0) is 18.9 Å². The fourth-order valence-electron chi connectivity index (χ4n) is 1.40. The van der Waals surface area contributed by atoms with Crippen molar-refractivity contribution >= 4 is 18.3 Å². The first-order valence-corrected chi connectivity index (χ1v) is 6.69. The van der Waals surface area contributed by atoms with Crippen molar-refractivity contribution in [3.63, 3.8) is 0 Å². The lowest BCUT2D eigenvalue weighted by atomic mass is 10.1. The SMILES string of the molecule is CC(Cc1ccccc1)N=CN(C)C.O=C(O)/C=C/C(=O)O. The third-order valence-corrected chi connectivity index (χ3v) is 2.29. The molecule has 0 amide bonds. The van der Waals surface area contributed by atoms with Gasteiger partial charge in [-0.3, -0.25) is 4.99 Å². The van der Waals surface area contributed by atoms with Crippen molar-refractivity contribution in [3.8, 4) is 0 Å². The van der Waals surface area contributed by atoms with E-state index in [1.54, 1.807) is 0 Å². The number of carboxylic acids is 2. The summed E-state index contributed by atoms with van der Waals surface area (Å²) < 4.78 is 0. The van der Waals surface area contributed by atoms with Crippen molar-refractivity contribution in [1.82, 2.24) is 4.90 Å².